The highest BCUT2D eigenvalue weighted by atomic mass is 16.6. The van der Waals surface area contributed by atoms with Gasteiger partial charge in [0, 0.05) is 40.5 Å². The Kier molecular flexibility index (Phi) is 10.7. The SMILES string of the molecule is CC(=O)O[C@H]1C[C@]2(C(C)(C)O)C(=C1C)[C@@H](OC(=O)c1ccccc1)[C@H](OC(C)=O)[C@]1(C)[C@@H](OC(C)=O)C[C@H]3OC[C@@]3(OC(C)=O)[C@@H]1[C@@H]2OC(=O)c1ccccc1. The van der Waals surface area contributed by atoms with E-state index in [0.717, 1.165) is 6.92 Å². The van der Waals surface area contributed by atoms with Crippen LogP contribution in [0.25, 0.3) is 0 Å². The van der Waals surface area contributed by atoms with Gasteiger partial charge in [0.2, 0.25) is 0 Å². The van der Waals surface area contributed by atoms with E-state index in [-0.39, 0.29) is 36.1 Å². The van der Waals surface area contributed by atoms with Gasteiger partial charge in [0.15, 0.2) is 17.8 Å². The first-order chi connectivity index (χ1) is 26.3. The summed E-state index contributed by atoms with van der Waals surface area (Å²) in [6.07, 6.45) is -8.24. The summed E-state index contributed by atoms with van der Waals surface area (Å²) in [5, 5.41) is 12.8. The van der Waals surface area contributed by atoms with Crippen LogP contribution in [0.2, 0.25) is 0 Å². The second-order valence-electron chi connectivity index (χ2n) is 15.9. The fourth-order valence-electron chi connectivity index (χ4n) is 9.86. The Hall–Kier alpha value is -5.08. The molecule has 1 heterocycles. The number of carbonyl (C=O) groups excluding carboxylic acids is 6. The smallest absolute Gasteiger partial charge is 0.338 e. The molecule has 3 fully saturated rings. The molecule has 0 radical (unpaired) electrons. The number of ether oxygens (including phenoxy) is 7. The first-order valence-electron chi connectivity index (χ1n) is 18.6. The Labute approximate surface area is 324 Å². The normalized spacial score (nSPS) is 33.2. The van der Waals surface area contributed by atoms with E-state index in [1.807, 2.05) is 0 Å². The Bertz CT molecular complexity index is 1930. The average molecular weight is 777 g/mol. The molecular formula is C42H48O14. The highest BCUT2D eigenvalue weighted by Gasteiger charge is 2.81. The fraction of sp³-hybridized carbons (Fsp3) is 0.524. The second kappa shape index (κ2) is 14.8. The topological polar surface area (TPSA) is 187 Å². The van der Waals surface area contributed by atoms with Crippen molar-refractivity contribution in [2.45, 2.75) is 116 Å². The number of benzene rings is 2. The Morgan fingerprint density at radius 1 is 0.732 bits per heavy atom. The van der Waals surface area contributed by atoms with Gasteiger partial charge in [0.1, 0.15) is 24.4 Å². The van der Waals surface area contributed by atoms with Gasteiger partial charge in [0.25, 0.3) is 0 Å². The van der Waals surface area contributed by atoms with Gasteiger partial charge in [0.05, 0.1) is 40.1 Å². The van der Waals surface area contributed by atoms with Crippen LogP contribution < -0.4 is 0 Å². The van der Waals surface area contributed by atoms with Crippen LogP contribution >= 0.6 is 0 Å². The number of carbonyl (C=O) groups is 6. The summed E-state index contributed by atoms with van der Waals surface area (Å²) < 4.78 is 43.8. The van der Waals surface area contributed by atoms with Crippen LogP contribution in [0.3, 0.4) is 0 Å². The second-order valence-corrected chi connectivity index (χ2v) is 15.9. The lowest BCUT2D eigenvalue weighted by molar-refractivity contribution is -0.352. The summed E-state index contributed by atoms with van der Waals surface area (Å²) in [5.41, 5.74) is -6.40. The molecule has 6 rings (SSSR count). The standard InChI is InChI=1S/C42H48O14/c1-22-29(51-23(2)43)20-41(39(6,7)49)32(22)33(54-37(47)27-15-11-9-12-16-27)35(53-25(4)45)40(8)30(52-24(3)44)19-31-42(21-50-31,56-26(5)46)34(40)36(41)55-38(48)28-17-13-10-14-18-28/h9-18,29-31,33-36,49H,19-21H2,1-8H3/t29-,30-,31+,33+,34+,35-,36-,40+,41-,42-/m0/s1. The quantitative estimate of drug-likeness (QED) is 0.214. The van der Waals surface area contributed by atoms with Crippen molar-refractivity contribution in [2.24, 2.45) is 16.7 Å². The predicted molar refractivity (Wildman–Crippen MR) is 194 cm³/mol. The van der Waals surface area contributed by atoms with Crippen LogP contribution in [0.15, 0.2) is 71.8 Å². The maximum atomic E-state index is 14.5. The molecule has 2 saturated carbocycles. The van der Waals surface area contributed by atoms with Gasteiger partial charge in [-0.15, -0.1) is 0 Å². The summed E-state index contributed by atoms with van der Waals surface area (Å²) in [7, 11) is 0. The van der Waals surface area contributed by atoms with E-state index in [1.165, 1.54) is 46.8 Å². The van der Waals surface area contributed by atoms with Gasteiger partial charge in [-0.25, -0.2) is 9.59 Å². The maximum absolute atomic E-state index is 14.5. The van der Waals surface area contributed by atoms with Crippen LogP contribution in [-0.2, 0) is 52.3 Å². The van der Waals surface area contributed by atoms with E-state index in [1.54, 1.807) is 62.4 Å². The van der Waals surface area contributed by atoms with Crippen molar-refractivity contribution in [2.75, 3.05) is 6.61 Å². The summed E-state index contributed by atoms with van der Waals surface area (Å²) >= 11 is 0. The molecule has 14 heteroatoms. The van der Waals surface area contributed by atoms with E-state index in [9.17, 15) is 33.9 Å². The van der Waals surface area contributed by atoms with Crippen molar-refractivity contribution in [1.82, 2.24) is 0 Å². The largest absolute Gasteiger partial charge is 0.462 e. The Morgan fingerprint density at radius 2 is 1.27 bits per heavy atom. The Balaban J connectivity index is 1.77. The molecular weight excluding hydrogens is 728 g/mol. The lowest BCUT2D eigenvalue weighted by Crippen LogP contribution is -2.79. The molecule has 0 amide bonds. The highest BCUT2D eigenvalue weighted by Crippen LogP contribution is 2.69. The number of aliphatic hydroxyl groups is 1. The molecule has 0 unspecified atom stereocenters. The third-order valence-corrected chi connectivity index (χ3v) is 12.1. The van der Waals surface area contributed by atoms with E-state index in [2.05, 4.69) is 0 Å². The first-order valence-corrected chi connectivity index (χ1v) is 18.6. The molecule has 56 heavy (non-hydrogen) atoms. The minimum atomic E-state index is -1.94. The number of hydrogen-bond acceptors (Lipinski definition) is 14. The van der Waals surface area contributed by atoms with Gasteiger partial charge >= 0.3 is 35.8 Å². The number of esters is 6. The van der Waals surface area contributed by atoms with Gasteiger partial charge in [-0.05, 0) is 56.2 Å². The van der Waals surface area contributed by atoms with Crippen LogP contribution in [0, 0.1) is 16.7 Å². The van der Waals surface area contributed by atoms with E-state index in [0.29, 0.717) is 5.57 Å². The predicted octanol–water partition coefficient (Wildman–Crippen LogP) is 4.45. The van der Waals surface area contributed by atoms with E-state index in [4.69, 9.17) is 33.2 Å². The molecule has 2 aromatic carbocycles. The average Bonchev–Trinajstić information content (AvgIpc) is 3.37. The van der Waals surface area contributed by atoms with Crippen LogP contribution in [0.5, 0.6) is 0 Å². The van der Waals surface area contributed by atoms with Crippen molar-refractivity contribution in [3.8, 4) is 0 Å². The van der Waals surface area contributed by atoms with Crippen molar-refractivity contribution in [3.63, 3.8) is 0 Å². The molecule has 1 N–H and O–H groups in total. The molecule has 0 aromatic heterocycles. The zero-order valence-corrected chi connectivity index (χ0v) is 32.7. The number of fused-ring (bicyclic) bond motifs is 4. The van der Waals surface area contributed by atoms with Crippen molar-refractivity contribution in [1.29, 1.82) is 0 Å². The van der Waals surface area contributed by atoms with E-state index < -0.39 is 100 Å². The molecule has 300 valence electrons. The Morgan fingerprint density at radius 3 is 1.73 bits per heavy atom. The summed E-state index contributed by atoms with van der Waals surface area (Å²) in [6.45, 7) is 10.8. The third kappa shape index (κ3) is 6.66. The van der Waals surface area contributed by atoms with Crippen LogP contribution in [0.1, 0.15) is 88.9 Å². The zero-order chi connectivity index (χ0) is 41.0. The summed E-state index contributed by atoms with van der Waals surface area (Å²) in [5.74, 6) is -5.89. The molecule has 10 atom stereocenters. The lowest BCUT2D eigenvalue weighted by atomic mass is 9.49. The molecule has 1 saturated heterocycles. The molecule has 14 nitrogen and oxygen atoms in total. The first kappa shape index (κ1) is 40.6. The van der Waals surface area contributed by atoms with Crippen molar-refractivity contribution >= 4 is 35.8 Å². The van der Waals surface area contributed by atoms with Gasteiger partial charge in [-0.3, -0.25) is 19.2 Å². The lowest BCUT2D eigenvalue weighted by Gasteiger charge is -2.65. The number of rotatable bonds is 9. The fourth-order valence-corrected chi connectivity index (χ4v) is 9.86. The number of hydrogen-bond donors (Lipinski definition) is 1. The molecule has 0 bridgehead atoms. The zero-order valence-electron chi connectivity index (χ0n) is 32.7. The summed E-state index contributed by atoms with van der Waals surface area (Å²) in [6, 6.07) is 16.1. The minimum absolute atomic E-state index is 0.0695. The van der Waals surface area contributed by atoms with Crippen LogP contribution in [0.4, 0.5) is 0 Å². The molecule has 4 aliphatic rings. The van der Waals surface area contributed by atoms with E-state index >= 15 is 0 Å². The van der Waals surface area contributed by atoms with Crippen molar-refractivity contribution < 1.29 is 67.0 Å². The molecule has 1 aliphatic heterocycles. The monoisotopic (exact) mass is 776 g/mol. The molecule has 0 spiro atoms. The third-order valence-electron chi connectivity index (χ3n) is 12.1. The summed E-state index contributed by atoms with van der Waals surface area (Å²) in [4.78, 5) is 81.0. The minimum Gasteiger partial charge on any atom is -0.462 e. The maximum Gasteiger partial charge on any atom is 0.338 e. The molecule has 2 aromatic rings. The highest BCUT2D eigenvalue weighted by molar-refractivity contribution is 5.90. The molecule has 3 aliphatic carbocycles. The van der Waals surface area contributed by atoms with Gasteiger partial charge in [-0.1, -0.05) is 43.3 Å². The van der Waals surface area contributed by atoms with Crippen molar-refractivity contribution in [3.05, 3.63) is 82.9 Å². The van der Waals surface area contributed by atoms with Gasteiger partial charge in [-0.2, -0.15) is 0 Å². The van der Waals surface area contributed by atoms with Gasteiger partial charge < -0.3 is 38.3 Å². The van der Waals surface area contributed by atoms with Crippen LogP contribution in [-0.4, -0.2) is 95.4 Å².